The number of nitrogens with zero attached hydrogens (tertiary/aromatic N) is 1. The largest absolute Gasteiger partial charge is 0.497 e. The van der Waals surface area contributed by atoms with Gasteiger partial charge in [-0.2, -0.15) is 0 Å². The first-order valence-electron chi connectivity index (χ1n) is 9.65. The van der Waals surface area contributed by atoms with E-state index in [-0.39, 0.29) is 35.9 Å². The molecule has 5 rings (SSSR count). The molecular weight excluding hydrogens is 344 g/mol. The molecule has 4 heterocycles. The van der Waals surface area contributed by atoms with Crippen LogP contribution in [0.4, 0.5) is 5.69 Å². The smallest absolute Gasteiger partial charge is 0.337 e. The number of ether oxygens (including phenoxy) is 2. The molecule has 0 unspecified atom stereocenters. The van der Waals surface area contributed by atoms with Crippen LogP contribution in [0.25, 0.3) is 0 Å². The van der Waals surface area contributed by atoms with E-state index in [1.54, 1.807) is 6.26 Å². The molecule has 6 heteroatoms. The number of fused-ring (bicyclic) bond motifs is 5. The summed E-state index contributed by atoms with van der Waals surface area (Å²) in [7, 11) is 1.41. The molecule has 0 aliphatic carbocycles. The summed E-state index contributed by atoms with van der Waals surface area (Å²) in [6, 6.07) is 8.10. The summed E-state index contributed by atoms with van der Waals surface area (Å²) >= 11 is 0. The van der Waals surface area contributed by atoms with Gasteiger partial charge in [0, 0.05) is 30.1 Å². The molecule has 1 amide bonds. The average Bonchev–Trinajstić information content (AvgIpc) is 3.20. The van der Waals surface area contributed by atoms with Crippen molar-refractivity contribution in [3.63, 3.8) is 0 Å². The van der Waals surface area contributed by atoms with E-state index in [9.17, 15) is 9.59 Å². The van der Waals surface area contributed by atoms with Gasteiger partial charge in [0.15, 0.2) is 0 Å². The van der Waals surface area contributed by atoms with Crippen molar-refractivity contribution < 1.29 is 19.1 Å². The molecule has 2 saturated heterocycles. The lowest BCUT2D eigenvalue weighted by Crippen LogP contribution is -2.56. The fourth-order valence-corrected chi connectivity index (χ4v) is 5.77. The average molecular weight is 368 g/mol. The second-order valence-corrected chi connectivity index (χ2v) is 8.14. The number of nitrogens with one attached hydrogen (secondary N) is 1. The molecule has 142 valence electrons. The summed E-state index contributed by atoms with van der Waals surface area (Å²) in [5, 5.41) is 3.09. The van der Waals surface area contributed by atoms with Crippen molar-refractivity contribution >= 4 is 17.6 Å². The van der Waals surface area contributed by atoms with Crippen molar-refractivity contribution in [2.75, 3.05) is 25.5 Å². The van der Waals surface area contributed by atoms with E-state index in [1.165, 1.54) is 7.11 Å². The highest BCUT2D eigenvalue weighted by molar-refractivity contribution is 6.07. The van der Waals surface area contributed by atoms with Crippen molar-refractivity contribution in [3.8, 4) is 0 Å². The maximum Gasteiger partial charge on any atom is 0.337 e. The normalized spacial score (nSPS) is 37.0. The Bertz CT molecular complexity index is 850. The van der Waals surface area contributed by atoms with E-state index in [1.807, 2.05) is 18.2 Å². The lowest BCUT2D eigenvalue weighted by molar-refractivity contribution is -0.139. The van der Waals surface area contributed by atoms with Crippen molar-refractivity contribution in [1.82, 2.24) is 4.90 Å². The third-order valence-electron chi connectivity index (χ3n) is 7.14. The Labute approximate surface area is 158 Å². The number of esters is 1. The lowest BCUT2D eigenvalue weighted by atomic mass is 9.66. The topological polar surface area (TPSA) is 67.9 Å². The SMILES string of the molecule is COC(=O)C1=CO[C@@H](C)[C@@H]2CN3CC[C@]4(C(=O)Nc5ccccc54)[C@H]3C[C@H]12. The van der Waals surface area contributed by atoms with E-state index >= 15 is 0 Å². The standard InChI is InChI=1S/C21H24N2O4/c1-12-14-10-23-8-7-21(16-5-3-4-6-17(16)22-20(21)25)18(23)9-13(14)15(11-27-12)19(24)26-2/h3-6,11-14,18H,7-10H2,1-2H3,(H,22,25)/t12-,13-,14-,18+,21+/m0/s1. The Morgan fingerprint density at radius 3 is 3.00 bits per heavy atom. The monoisotopic (exact) mass is 368 g/mol. The summed E-state index contributed by atoms with van der Waals surface area (Å²) < 4.78 is 10.8. The molecule has 27 heavy (non-hydrogen) atoms. The Morgan fingerprint density at radius 2 is 2.19 bits per heavy atom. The van der Waals surface area contributed by atoms with E-state index in [0.717, 1.165) is 37.2 Å². The Balaban J connectivity index is 1.55. The van der Waals surface area contributed by atoms with Gasteiger partial charge in [-0.05, 0) is 37.9 Å². The molecule has 4 aliphatic heterocycles. The number of piperidine rings is 1. The van der Waals surface area contributed by atoms with Gasteiger partial charge in [0.2, 0.25) is 5.91 Å². The number of benzene rings is 1. The molecule has 1 aromatic rings. The number of rotatable bonds is 1. The minimum atomic E-state index is -0.523. The molecule has 1 spiro atoms. The van der Waals surface area contributed by atoms with Crippen LogP contribution in [0.2, 0.25) is 0 Å². The van der Waals surface area contributed by atoms with Crippen LogP contribution >= 0.6 is 0 Å². The summed E-state index contributed by atoms with van der Waals surface area (Å²) in [4.78, 5) is 27.9. The number of carbonyl (C=O) groups excluding carboxylic acids is 2. The van der Waals surface area contributed by atoms with Gasteiger partial charge in [-0.3, -0.25) is 9.69 Å². The van der Waals surface area contributed by atoms with Crippen LogP contribution in [0.5, 0.6) is 0 Å². The minimum absolute atomic E-state index is 0.0468. The van der Waals surface area contributed by atoms with E-state index in [0.29, 0.717) is 5.57 Å². The molecule has 5 atom stereocenters. The second kappa shape index (κ2) is 5.83. The third kappa shape index (κ3) is 2.16. The van der Waals surface area contributed by atoms with Crippen LogP contribution in [0, 0.1) is 11.8 Å². The number of hydrogen-bond acceptors (Lipinski definition) is 5. The summed E-state index contributed by atoms with van der Waals surface area (Å²) in [6.07, 6.45) is 3.20. The van der Waals surface area contributed by atoms with E-state index in [4.69, 9.17) is 9.47 Å². The highest BCUT2D eigenvalue weighted by Crippen LogP contribution is 2.53. The minimum Gasteiger partial charge on any atom is -0.497 e. The molecule has 1 N–H and O–H groups in total. The van der Waals surface area contributed by atoms with Crippen molar-refractivity contribution in [1.29, 1.82) is 0 Å². The van der Waals surface area contributed by atoms with Crippen LogP contribution in [0.15, 0.2) is 36.1 Å². The Morgan fingerprint density at radius 1 is 1.37 bits per heavy atom. The third-order valence-corrected chi connectivity index (χ3v) is 7.14. The molecule has 2 fully saturated rings. The van der Waals surface area contributed by atoms with Gasteiger partial charge in [-0.25, -0.2) is 4.79 Å². The van der Waals surface area contributed by atoms with Gasteiger partial charge in [-0.1, -0.05) is 18.2 Å². The van der Waals surface area contributed by atoms with Gasteiger partial charge in [0.25, 0.3) is 0 Å². The summed E-state index contributed by atoms with van der Waals surface area (Å²) in [6.45, 7) is 3.79. The summed E-state index contributed by atoms with van der Waals surface area (Å²) in [5.74, 6) is 0.0558. The first-order chi connectivity index (χ1) is 13.1. The van der Waals surface area contributed by atoms with E-state index in [2.05, 4.69) is 23.2 Å². The number of anilines is 1. The first kappa shape index (κ1) is 16.8. The summed E-state index contributed by atoms with van der Waals surface area (Å²) in [5.41, 5.74) is 2.11. The molecule has 4 aliphatic rings. The van der Waals surface area contributed by atoms with Gasteiger partial charge in [0.05, 0.1) is 30.5 Å². The highest BCUT2D eigenvalue weighted by atomic mass is 16.5. The Kier molecular flexibility index (Phi) is 3.63. The number of carbonyl (C=O) groups is 2. The van der Waals surface area contributed by atoms with Crippen LogP contribution in [-0.4, -0.2) is 49.1 Å². The molecule has 6 nitrogen and oxygen atoms in total. The maximum atomic E-state index is 13.1. The first-order valence-corrected chi connectivity index (χ1v) is 9.65. The van der Waals surface area contributed by atoms with Gasteiger partial charge in [-0.15, -0.1) is 0 Å². The number of methoxy groups -OCH3 is 1. The molecular formula is C21H24N2O4. The number of hydrogen-bond donors (Lipinski definition) is 1. The lowest BCUT2D eigenvalue weighted by Gasteiger charge is -2.48. The Hall–Kier alpha value is -2.34. The van der Waals surface area contributed by atoms with Gasteiger partial charge < -0.3 is 14.8 Å². The zero-order valence-electron chi connectivity index (χ0n) is 15.6. The second-order valence-electron chi connectivity index (χ2n) is 8.14. The molecule has 0 bridgehead atoms. The molecule has 0 aromatic heterocycles. The zero-order valence-corrected chi connectivity index (χ0v) is 15.6. The zero-order chi connectivity index (χ0) is 18.8. The molecule has 0 radical (unpaired) electrons. The van der Waals surface area contributed by atoms with Crippen LogP contribution in [0.1, 0.15) is 25.3 Å². The van der Waals surface area contributed by atoms with E-state index < -0.39 is 5.41 Å². The van der Waals surface area contributed by atoms with Crippen molar-refractivity contribution in [3.05, 3.63) is 41.7 Å². The van der Waals surface area contributed by atoms with Crippen LogP contribution < -0.4 is 5.32 Å². The van der Waals surface area contributed by atoms with Crippen LogP contribution in [0.3, 0.4) is 0 Å². The predicted octanol–water partition coefficient (Wildman–Crippen LogP) is 2.06. The van der Waals surface area contributed by atoms with Crippen molar-refractivity contribution in [2.45, 2.75) is 37.3 Å². The molecule has 1 aromatic carbocycles. The number of amides is 1. The fourth-order valence-electron chi connectivity index (χ4n) is 5.77. The molecule has 0 saturated carbocycles. The number of para-hydroxylation sites is 1. The predicted molar refractivity (Wildman–Crippen MR) is 99.0 cm³/mol. The fraction of sp³-hybridized carbons (Fsp3) is 0.524. The van der Waals surface area contributed by atoms with Crippen molar-refractivity contribution in [2.24, 2.45) is 11.8 Å². The van der Waals surface area contributed by atoms with Crippen LogP contribution in [-0.2, 0) is 24.5 Å². The quantitative estimate of drug-likeness (QED) is 0.769. The van der Waals surface area contributed by atoms with Gasteiger partial charge in [0.1, 0.15) is 0 Å². The van der Waals surface area contributed by atoms with Gasteiger partial charge >= 0.3 is 5.97 Å². The maximum absolute atomic E-state index is 13.1. The highest BCUT2D eigenvalue weighted by Gasteiger charge is 2.61.